The highest BCUT2D eigenvalue weighted by Crippen LogP contribution is 2.28. The summed E-state index contributed by atoms with van der Waals surface area (Å²) in [6.07, 6.45) is 0. The van der Waals surface area contributed by atoms with Crippen molar-refractivity contribution in [2.75, 3.05) is 17.6 Å². The Morgan fingerprint density at radius 1 is 1.32 bits per heavy atom. The number of hydrogen-bond acceptors (Lipinski definition) is 5. The second-order valence-electron chi connectivity index (χ2n) is 3.99. The van der Waals surface area contributed by atoms with E-state index in [1.807, 2.05) is 32.0 Å². The van der Waals surface area contributed by atoms with Crippen molar-refractivity contribution in [3.63, 3.8) is 0 Å². The third-order valence-corrected chi connectivity index (χ3v) is 2.94. The second kappa shape index (κ2) is 5.88. The van der Waals surface area contributed by atoms with Crippen molar-refractivity contribution < 1.29 is 4.74 Å². The highest BCUT2D eigenvalue weighted by molar-refractivity contribution is 9.10. The summed E-state index contributed by atoms with van der Waals surface area (Å²) in [6.45, 7) is 4.71. The van der Waals surface area contributed by atoms with Crippen LogP contribution in [0.5, 0.6) is 11.6 Å². The first-order chi connectivity index (χ1) is 9.08. The number of aromatic nitrogens is 2. The van der Waals surface area contributed by atoms with E-state index in [1.54, 1.807) is 6.07 Å². The molecule has 1 aromatic carbocycles. The zero-order valence-corrected chi connectivity index (χ0v) is 12.4. The fourth-order valence-corrected chi connectivity index (χ4v) is 1.90. The Morgan fingerprint density at radius 3 is 2.84 bits per heavy atom. The first kappa shape index (κ1) is 13.6. The van der Waals surface area contributed by atoms with Crippen molar-refractivity contribution in [3.8, 4) is 11.6 Å². The van der Waals surface area contributed by atoms with Crippen molar-refractivity contribution in [1.29, 1.82) is 0 Å². The first-order valence-electron chi connectivity index (χ1n) is 5.91. The van der Waals surface area contributed by atoms with Gasteiger partial charge in [-0.05, 0) is 31.5 Å². The number of rotatable bonds is 4. The Labute approximate surface area is 120 Å². The van der Waals surface area contributed by atoms with Crippen LogP contribution in [-0.4, -0.2) is 16.5 Å². The normalized spacial score (nSPS) is 10.3. The van der Waals surface area contributed by atoms with Crippen LogP contribution in [0.25, 0.3) is 0 Å². The van der Waals surface area contributed by atoms with E-state index in [9.17, 15) is 0 Å². The average Bonchev–Trinajstić information content (AvgIpc) is 2.33. The molecule has 0 saturated heterocycles. The zero-order chi connectivity index (χ0) is 13.8. The van der Waals surface area contributed by atoms with Gasteiger partial charge in [0.2, 0.25) is 11.8 Å². The number of anilines is 2. The van der Waals surface area contributed by atoms with Gasteiger partial charge < -0.3 is 15.8 Å². The molecule has 1 heterocycles. The number of halogens is 1. The van der Waals surface area contributed by atoms with Gasteiger partial charge in [0.1, 0.15) is 11.6 Å². The SMILES string of the molecule is CCNc1cc(Oc2cc(Br)ccc2C)nc(N)n1. The van der Waals surface area contributed by atoms with Gasteiger partial charge in [0.25, 0.3) is 0 Å². The Bertz CT molecular complexity index is 589. The van der Waals surface area contributed by atoms with E-state index in [-0.39, 0.29) is 5.95 Å². The third kappa shape index (κ3) is 3.57. The van der Waals surface area contributed by atoms with Gasteiger partial charge in [0.15, 0.2) is 0 Å². The molecule has 1 aromatic heterocycles. The molecule has 0 aliphatic carbocycles. The second-order valence-corrected chi connectivity index (χ2v) is 4.91. The number of nitrogen functional groups attached to an aromatic ring is 1. The number of nitrogens with zero attached hydrogens (tertiary/aromatic N) is 2. The quantitative estimate of drug-likeness (QED) is 0.903. The highest BCUT2D eigenvalue weighted by atomic mass is 79.9. The third-order valence-electron chi connectivity index (χ3n) is 2.44. The zero-order valence-electron chi connectivity index (χ0n) is 10.8. The fraction of sp³-hybridized carbons (Fsp3) is 0.231. The number of hydrogen-bond donors (Lipinski definition) is 2. The van der Waals surface area contributed by atoms with Crippen LogP contribution in [-0.2, 0) is 0 Å². The van der Waals surface area contributed by atoms with Crippen LogP contribution in [0.4, 0.5) is 11.8 Å². The lowest BCUT2D eigenvalue weighted by Crippen LogP contribution is -2.04. The predicted octanol–water partition coefficient (Wildman–Crippen LogP) is 3.35. The summed E-state index contributed by atoms with van der Waals surface area (Å²) in [5.74, 6) is 1.98. The molecule has 0 fully saturated rings. The van der Waals surface area contributed by atoms with Gasteiger partial charge in [-0.3, -0.25) is 0 Å². The van der Waals surface area contributed by atoms with Gasteiger partial charge in [0.05, 0.1) is 0 Å². The van der Waals surface area contributed by atoms with Crippen LogP contribution < -0.4 is 15.8 Å². The van der Waals surface area contributed by atoms with E-state index < -0.39 is 0 Å². The Hall–Kier alpha value is -1.82. The topological polar surface area (TPSA) is 73.1 Å². The molecule has 0 radical (unpaired) electrons. The number of ether oxygens (including phenoxy) is 1. The molecule has 0 saturated carbocycles. The number of nitrogens with one attached hydrogen (secondary N) is 1. The van der Waals surface area contributed by atoms with Gasteiger partial charge in [-0.1, -0.05) is 22.0 Å². The van der Waals surface area contributed by atoms with E-state index in [2.05, 4.69) is 31.2 Å². The van der Waals surface area contributed by atoms with Crippen molar-refractivity contribution >= 4 is 27.7 Å². The molecule has 0 aliphatic rings. The van der Waals surface area contributed by atoms with E-state index in [0.717, 1.165) is 22.3 Å². The van der Waals surface area contributed by atoms with Gasteiger partial charge in [0, 0.05) is 17.1 Å². The molecule has 0 spiro atoms. The van der Waals surface area contributed by atoms with E-state index in [0.29, 0.717) is 11.7 Å². The van der Waals surface area contributed by atoms with E-state index in [4.69, 9.17) is 10.5 Å². The summed E-state index contributed by atoms with van der Waals surface area (Å²) < 4.78 is 6.70. The fourth-order valence-electron chi connectivity index (χ4n) is 1.56. The summed E-state index contributed by atoms with van der Waals surface area (Å²) in [4.78, 5) is 8.14. The molecule has 3 N–H and O–H groups in total. The molecule has 19 heavy (non-hydrogen) atoms. The van der Waals surface area contributed by atoms with Gasteiger partial charge in [-0.2, -0.15) is 9.97 Å². The molecule has 2 rings (SSSR count). The van der Waals surface area contributed by atoms with Crippen LogP contribution in [0, 0.1) is 6.92 Å². The smallest absolute Gasteiger partial charge is 0.226 e. The van der Waals surface area contributed by atoms with E-state index >= 15 is 0 Å². The standard InChI is InChI=1S/C13H15BrN4O/c1-3-16-11-7-12(18-13(15)17-11)19-10-6-9(14)5-4-8(10)2/h4-7H,3H2,1-2H3,(H3,15,16,17,18). The molecule has 0 atom stereocenters. The summed E-state index contributed by atoms with van der Waals surface area (Å²) in [5.41, 5.74) is 6.68. The van der Waals surface area contributed by atoms with Crippen molar-refractivity contribution in [1.82, 2.24) is 9.97 Å². The number of aryl methyl sites for hydroxylation is 1. The molecule has 0 unspecified atom stereocenters. The lowest BCUT2D eigenvalue weighted by molar-refractivity contribution is 0.459. The predicted molar refractivity (Wildman–Crippen MR) is 79.6 cm³/mol. The molecular weight excluding hydrogens is 308 g/mol. The maximum absolute atomic E-state index is 5.76. The van der Waals surface area contributed by atoms with Gasteiger partial charge in [-0.15, -0.1) is 0 Å². The molecular formula is C13H15BrN4O. The molecule has 0 bridgehead atoms. The van der Waals surface area contributed by atoms with Crippen molar-refractivity contribution in [2.45, 2.75) is 13.8 Å². The Morgan fingerprint density at radius 2 is 2.11 bits per heavy atom. The first-order valence-corrected chi connectivity index (χ1v) is 6.70. The van der Waals surface area contributed by atoms with Crippen LogP contribution in [0.3, 0.4) is 0 Å². The number of benzene rings is 1. The van der Waals surface area contributed by atoms with Crippen LogP contribution in [0.1, 0.15) is 12.5 Å². The van der Waals surface area contributed by atoms with Crippen LogP contribution >= 0.6 is 15.9 Å². The molecule has 100 valence electrons. The Kier molecular flexibility index (Phi) is 4.21. The van der Waals surface area contributed by atoms with Crippen LogP contribution in [0.2, 0.25) is 0 Å². The summed E-state index contributed by atoms with van der Waals surface area (Å²) in [6, 6.07) is 7.54. The average molecular weight is 323 g/mol. The molecule has 0 aliphatic heterocycles. The van der Waals surface area contributed by atoms with E-state index in [1.165, 1.54) is 0 Å². The minimum atomic E-state index is 0.182. The molecule has 5 nitrogen and oxygen atoms in total. The summed E-state index contributed by atoms with van der Waals surface area (Å²) in [7, 11) is 0. The van der Waals surface area contributed by atoms with Crippen LogP contribution in [0.15, 0.2) is 28.7 Å². The number of nitrogens with two attached hydrogens (primary N) is 1. The summed E-state index contributed by atoms with van der Waals surface area (Å²) in [5, 5.41) is 3.08. The molecule has 0 amide bonds. The van der Waals surface area contributed by atoms with Gasteiger partial charge >= 0.3 is 0 Å². The van der Waals surface area contributed by atoms with Crippen molar-refractivity contribution in [2.24, 2.45) is 0 Å². The minimum Gasteiger partial charge on any atom is -0.438 e. The highest BCUT2D eigenvalue weighted by Gasteiger charge is 2.07. The Balaban J connectivity index is 2.29. The largest absolute Gasteiger partial charge is 0.438 e. The lowest BCUT2D eigenvalue weighted by atomic mass is 10.2. The minimum absolute atomic E-state index is 0.182. The monoisotopic (exact) mass is 322 g/mol. The van der Waals surface area contributed by atoms with Crippen molar-refractivity contribution in [3.05, 3.63) is 34.3 Å². The summed E-state index contributed by atoms with van der Waals surface area (Å²) >= 11 is 3.41. The van der Waals surface area contributed by atoms with Gasteiger partial charge in [-0.25, -0.2) is 0 Å². The maximum Gasteiger partial charge on any atom is 0.226 e. The molecule has 2 aromatic rings. The lowest BCUT2D eigenvalue weighted by Gasteiger charge is -2.10. The maximum atomic E-state index is 5.76. The molecule has 6 heteroatoms.